The number of fused-ring (bicyclic) bond motifs is 1. The fourth-order valence-corrected chi connectivity index (χ4v) is 4.14. The Bertz CT molecular complexity index is 1270. The van der Waals surface area contributed by atoms with Crippen LogP contribution in [0.5, 0.6) is 0 Å². The van der Waals surface area contributed by atoms with E-state index in [9.17, 15) is 29.4 Å². The maximum atomic E-state index is 13.1. The average molecular weight is 542 g/mol. The third-order valence-electron chi connectivity index (χ3n) is 5.98. The molecule has 0 fully saturated rings. The van der Waals surface area contributed by atoms with E-state index in [2.05, 4.69) is 33.6 Å². The molecule has 4 unspecified atom stereocenters. The van der Waals surface area contributed by atoms with E-state index in [1.54, 1.807) is 36.5 Å². The van der Waals surface area contributed by atoms with Crippen LogP contribution in [0.3, 0.4) is 0 Å². The van der Waals surface area contributed by atoms with Gasteiger partial charge in [0.15, 0.2) is 0 Å². The molecule has 0 aliphatic heterocycles. The summed E-state index contributed by atoms with van der Waals surface area (Å²) in [5, 5.41) is 27.3. The van der Waals surface area contributed by atoms with Gasteiger partial charge < -0.3 is 36.9 Å². The molecule has 1 heterocycles. The number of carboxylic acid groups (broad SMARTS) is 1. The molecule has 0 aliphatic rings. The van der Waals surface area contributed by atoms with Gasteiger partial charge >= 0.3 is 5.97 Å². The van der Waals surface area contributed by atoms with Crippen LogP contribution in [0.15, 0.2) is 60.8 Å². The molecule has 12 heteroatoms. The van der Waals surface area contributed by atoms with E-state index >= 15 is 0 Å². The first-order valence-electron chi connectivity index (χ1n) is 11.9. The average Bonchev–Trinajstić information content (AvgIpc) is 3.33. The summed E-state index contributed by atoms with van der Waals surface area (Å²) in [5.74, 6) is -3.53. The van der Waals surface area contributed by atoms with Gasteiger partial charge in [-0.1, -0.05) is 48.5 Å². The molecule has 2 aromatic carbocycles. The topological polar surface area (TPSA) is 187 Å². The molecule has 0 radical (unpaired) electrons. The molecule has 8 N–H and O–H groups in total. The summed E-state index contributed by atoms with van der Waals surface area (Å²) in [5.41, 5.74) is 7.87. The zero-order valence-electron chi connectivity index (χ0n) is 20.5. The summed E-state index contributed by atoms with van der Waals surface area (Å²) in [6, 6.07) is 11.5. The van der Waals surface area contributed by atoms with E-state index in [4.69, 9.17) is 5.73 Å². The van der Waals surface area contributed by atoms with Crippen molar-refractivity contribution in [3.05, 3.63) is 71.9 Å². The van der Waals surface area contributed by atoms with Crippen molar-refractivity contribution in [1.82, 2.24) is 20.9 Å². The number of para-hydroxylation sites is 1. The van der Waals surface area contributed by atoms with Crippen LogP contribution in [-0.2, 0) is 32.0 Å². The number of carbonyl (C=O) groups excluding carboxylic acids is 3. The number of thiol groups is 1. The van der Waals surface area contributed by atoms with Crippen molar-refractivity contribution in [3.8, 4) is 0 Å². The largest absolute Gasteiger partial charge is 0.480 e. The quantitative estimate of drug-likeness (QED) is 0.137. The Kier molecular flexibility index (Phi) is 10.3. The third-order valence-corrected chi connectivity index (χ3v) is 6.34. The molecule has 3 amide bonds. The standard InChI is InChI=1S/C26H31N5O6S/c27-18(13-32)23(33)29-20(10-15-6-2-1-3-7-15)24(34)31-22(14-38)25(35)30-21(26(36)37)11-16-12-28-19-9-5-4-8-17(16)19/h1-9,12,18,20-22,28,32,38H,10-11,13-14,27H2,(H,29,33)(H,30,35)(H,31,34)(H,36,37). The van der Waals surface area contributed by atoms with E-state index in [0.29, 0.717) is 5.56 Å². The number of hydrogen-bond acceptors (Lipinski definition) is 7. The van der Waals surface area contributed by atoms with Crippen LogP contribution in [0.25, 0.3) is 10.9 Å². The summed E-state index contributed by atoms with van der Waals surface area (Å²) >= 11 is 4.16. The van der Waals surface area contributed by atoms with Crippen molar-refractivity contribution in [2.24, 2.45) is 5.73 Å². The predicted molar refractivity (Wildman–Crippen MR) is 144 cm³/mol. The number of aliphatic carboxylic acids is 1. The molecule has 4 atom stereocenters. The second-order valence-electron chi connectivity index (χ2n) is 8.75. The predicted octanol–water partition coefficient (Wildman–Crippen LogP) is -0.258. The Hall–Kier alpha value is -3.87. The van der Waals surface area contributed by atoms with E-state index in [1.165, 1.54) is 0 Å². The third kappa shape index (κ3) is 7.57. The summed E-state index contributed by atoms with van der Waals surface area (Å²) in [4.78, 5) is 53.4. The van der Waals surface area contributed by atoms with Gasteiger partial charge in [0.25, 0.3) is 0 Å². The van der Waals surface area contributed by atoms with Gasteiger partial charge in [-0.25, -0.2) is 4.79 Å². The Morgan fingerprint density at radius 1 is 0.842 bits per heavy atom. The van der Waals surface area contributed by atoms with Crippen LogP contribution in [0.1, 0.15) is 11.1 Å². The number of aliphatic hydroxyl groups is 1. The van der Waals surface area contributed by atoms with Gasteiger partial charge in [0, 0.05) is 35.7 Å². The van der Waals surface area contributed by atoms with Crippen molar-refractivity contribution < 1.29 is 29.4 Å². The van der Waals surface area contributed by atoms with Crippen LogP contribution in [-0.4, -0.2) is 75.4 Å². The summed E-state index contributed by atoms with van der Waals surface area (Å²) in [6.07, 6.45) is 1.80. The molecule has 38 heavy (non-hydrogen) atoms. The number of rotatable bonds is 13. The first-order valence-corrected chi connectivity index (χ1v) is 12.6. The monoisotopic (exact) mass is 541 g/mol. The van der Waals surface area contributed by atoms with Gasteiger partial charge in [0.05, 0.1) is 6.61 Å². The highest BCUT2D eigenvalue weighted by Crippen LogP contribution is 2.19. The molecule has 11 nitrogen and oxygen atoms in total. The number of nitrogens with one attached hydrogen (secondary N) is 4. The Morgan fingerprint density at radius 3 is 2.11 bits per heavy atom. The van der Waals surface area contributed by atoms with Gasteiger partial charge in [-0.05, 0) is 17.2 Å². The summed E-state index contributed by atoms with van der Waals surface area (Å²) in [6.45, 7) is -0.611. The van der Waals surface area contributed by atoms with Gasteiger partial charge in [0.2, 0.25) is 17.7 Å². The van der Waals surface area contributed by atoms with Crippen molar-refractivity contribution in [3.63, 3.8) is 0 Å². The fraction of sp³-hybridized carbons (Fsp3) is 0.308. The molecule has 202 valence electrons. The molecule has 0 bridgehead atoms. The number of hydrogen-bond donors (Lipinski definition) is 8. The lowest BCUT2D eigenvalue weighted by Crippen LogP contribution is -2.58. The highest BCUT2D eigenvalue weighted by molar-refractivity contribution is 7.80. The molecular formula is C26H31N5O6S. The minimum atomic E-state index is -1.26. The maximum Gasteiger partial charge on any atom is 0.326 e. The number of carbonyl (C=O) groups is 4. The minimum absolute atomic E-state index is 0.0179. The second kappa shape index (κ2) is 13.6. The molecule has 0 aliphatic carbocycles. The lowest BCUT2D eigenvalue weighted by Gasteiger charge is -2.24. The number of aromatic nitrogens is 1. The van der Waals surface area contributed by atoms with Gasteiger partial charge in [-0.15, -0.1) is 0 Å². The molecule has 3 aromatic rings. The van der Waals surface area contributed by atoms with Gasteiger partial charge in [0.1, 0.15) is 24.2 Å². The SMILES string of the molecule is NC(CO)C(=O)NC(Cc1ccccc1)C(=O)NC(CS)C(=O)NC(Cc1c[nH]c2ccccc12)C(=O)O. The van der Waals surface area contributed by atoms with Crippen LogP contribution >= 0.6 is 12.6 Å². The number of amides is 3. The van der Waals surface area contributed by atoms with Crippen molar-refractivity contribution in [2.45, 2.75) is 37.0 Å². The molecule has 0 spiro atoms. The first-order chi connectivity index (χ1) is 18.2. The van der Waals surface area contributed by atoms with Gasteiger partial charge in [-0.3, -0.25) is 14.4 Å². The summed E-state index contributed by atoms with van der Waals surface area (Å²) < 4.78 is 0. The van der Waals surface area contributed by atoms with E-state index < -0.39 is 54.5 Å². The van der Waals surface area contributed by atoms with Crippen molar-refractivity contribution in [2.75, 3.05) is 12.4 Å². The normalized spacial score (nSPS) is 14.2. The maximum absolute atomic E-state index is 13.1. The lowest BCUT2D eigenvalue weighted by molar-refractivity contribution is -0.142. The van der Waals surface area contributed by atoms with E-state index in [0.717, 1.165) is 16.5 Å². The molecule has 0 saturated carbocycles. The zero-order valence-corrected chi connectivity index (χ0v) is 21.4. The highest BCUT2D eigenvalue weighted by atomic mass is 32.1. The Labute approximate surface area is 224 Å². The molecule has 3 rings (SSSR count). The van der Waals surface area contributed by atoms with Crippen molar-refractivity contribution in [1.29, 1.82) is 0 Å². The van der Waals surface area contributed by atoms with Crippen LogP contribution in [0, 0.1) is 0 Å². The number of benzene rings is 2. The van der Waals surface area contributed by atoms with Crippen LogP contribution in [0.2, 0.25) is 0 Å². The summed E-state index contributed by atoms with van der Waals surface area (Å²) in [7, 11) is 0. The van der Waals surface area contributed by atoms with Crippen LogP contribution in [0.4, 0.5) is 0 Å². The molecular weight excluding hydrogens is 510 g/mol. The fourth-order valence-electron chi connectivity index (χ4n) is 3.88. The number of aromatic amines is 1. The second-order valence-corrected chi connectivity index (χ2v) is 9.11. The van der Waals surface area contributed by atoms with Crippen molar-refractivity contribution >= 4 is 47.2 Å². The van der Waals surface area contributed by atoms with E-state index in [-0.39, 0.29) is 18.6 Å². The lowest BCUT2D eigenvalue weighted by atomic mass is 10.0. The number of carboxylic acids is 1. The number of nitrogens with two attached hydrogens (primary N) is 1. The Balaban J connectivity index is 1.71. The minimum Gasteiger partial charge on any atom is -0.480 e. The zero-order chi connectivity index (χ0) is 27.7. The van der Waals surface area contributed by atoms with E-state index in [1.807, 2.05) is 24.3 Å². The van der Waals surface area contributed by atoms with Crippen LogP contribution < -0.4 is 21.7 Å². The smallest absolute Gasteiger partial charge is 0.326 e. The Morgan fingerprint density at radius 2 is 1.45 bits per heavy atom. The molecule has 1 aromatic heterocycles. The number of H-pyrrole nitrogens is 1. The number of aliphatic hydroxyl groups excluding tert-OH is 1. The molecule has 0 saturated heterocycles. The first kappa shape index (κ1) is 28.7. The highest BCUT2D eigenvalue weighted by Gasteiger charge is 2.30. The van der Waals surface area contributed by atoms with Gasteiger partial charge in [-0.2, -0.15) is 12.6 Å².